The first-order chi connectivity index (χ1) is 9.99. The zero-order valence-corrected chi connectivity index (χ0v) is 12.8. The molecule has 0 aromatic heterocycles. The number of nitrogens with one attached hydrogen (secondary N) is 1. The van der Waals surface area contributed by atoms with E-state index in [1.807, 2.05) is 6.07 Å². The fourth-order valence-corrected chi connectivity index (χ4v) is 2.99. The summed E-state index contributed by atoms with van der Waals surface area (Å²) in [5, 5.41) is 3.48. The van der Waals surface area contributed by atoms with Crippen molar-refractivity contribution in [1.29, 1.82) is 0 Å². The molecule has 21 heavy (non-hydrogen) atoms. The molecule has 1 atom stereocenters. The van der Waals surface area contributed by atoms with Crippen LogP contribution < -0.4 is 16.8 Å². The van der Waals surface area contributed by atoms with Gasteiger partial charge in [-0.1, -0.05) is 13.8 Å². The molecule has 0 aliphatic carbocycles. The second-order valence-corrected chi connectivity index (χ2v) is 5.74. The van der Waals surface area contributed by atoms with Gasteiger partial charge in [-0.2, -0.15) is 0 Å². The molecule has 5 nitrogen and oxygen atoms in total. The van der Waals surface area contributed by atoms with Gasteiger partial charge in [0.2, 0.25) is 0 Å². The molecule has 1 aliphatic rings. The fraction of sp³-hybridized carbons (Fsp3) is 0.562. The third-order valence-electron chi connectivity index (χ3n) is 4.47. The number of hydrogen-bond donors (Lipinski definition) is 3. The molecule has 1 aromatic carbocycles. The summed E-state index contributed by atoms with van der Waals surface area (Å²) in [7, 11) is 0. The van der Waals surface area contributed by atoms with Crippen molar-refractivity contribution in [2.45, 2.75) is 51.2 Å². The molecule has 1 fully saturated rings. The number of anilines is 2. The van der Waals surface area contributed by atoms with Crippen molar-refractivity contribution in [1.82, 2.24) is 0 Å². The Morgan fingerprint density at radius 3 is 2.76 bits per heavy atom. The van der Waals surface area contributed by atoms with Crippen LogP contribution in [0.4, 0.5) is 11.4 Å². The molecule has 5 heteroatoms. The van der Waals surface area contributed by atoms with E-state index in [1.54, 1.807) is 12.1 Å². The Morgan fingerprint density at radius 1 is 1.43 bits per heavy atom. The highest BCUT2D eigenvalue weighted by Gasteiger charge is 2.34. The van der Waals surface area contributed by atoms with Gasteiger partial charge >= 0.3 is 0 Å². The Kier molecular flexibility index (Phi) is 4.73. The first kappa shape index (κ1) is 15.6. The minimum absolute atomic E-state index is 0.0315. The summed E-state index contributed by atoms with van der Waals surface area (Å²) < 4.78 is 5.98. The highest BCUT2D eigenvalue weighted by Crippen LogP contribution is 2.33. The number of amides is 1. The van der Waals surface area contributed by atoms with Crippen LogP contribution in [0.2, 0.25) is 0 Å². The van der Waals surface area contributed by atoms with Gasteiger partial charge in [-0.25, -0.2) is 0 Å². The average molecular weight is 291 g/mol. The largest absolute Gasteiger partial charge is 0.398 e. The lowest BCUT2D eigenvalue weighted by Crippen LogP contribution is -2.43. The van der Waals surface area contributed by atoms with Crippen LogP contribution in [-0.4, -0.2) is 24.2 Å². The molecule has 2 rings (SSSR count). The Morgan fingerprint density at radius 2 is 2.14 bits per heavy atom. The van der Waals surface area contributed by atoms with Crippen molar-refractivity contribution < 1.29 is 9.53 Å². The predicted octanol–water partition coefficient (Wildman–Crippen LogP) is 2.52. The summed E-state index contributed by atoms with van der Waals surface area (Å²) in [6, 6.07) is 5.67. The third kappa shape index (κ3) is 3.47. The second-order valence-electron chi connectivity index (χ2n) is 5.74. The Bertz CT molecular complexity index is 512. The summed E-state index contributed by atoms with van der Waals surface area (Å²) >= 11 is 0. The minimum atomic E-state index is -0.500. The Balaban J connectivity index is 2.11. The zero-order valence-electron chi connectivity index (χ0n) is 12.8. The topological polar surface area (TPSA) is 90.4 Å². The van der Waals surface area contributed by atoms with Crippen LogP contribution in [0, 0.1) is 0 Å². The van der Waals surface area contributed by atoms with Gasteiger partial charge in [-0.05, 0) is 43.9 Å². The molecule has 1 heterocycles. The monoisotopic (exact) mass is 291 g/mol. The Hall–Kier alpha value is -1.75. The molecule has 0 bridgehead atoms. The molecule has 0 saturated carbocycles. The van der Waals surface area contributed by atoms with Gasteiger partial charge in [0.15, 0.2) is 0 Å². The van der Waals surface area contributed by atoms with Crippen LogP contribution in [0.1, 0.15) is 49.9 Å². The smallest absolute Gasteiger partial charge is 0.250 e. The van der Waals surface area contributed by atoms with Crippen LogP contribution in [-0.2, 0) is 4.74 Å². The van der Waals surface area contributed by atoms with Crippen LogP contribution in [0.15, 0.2) is 18.2 Å². The van der Waals surface area contributed by atoms with Gasteiger partial charge in [-0.3, -0.25) is 4.79 Å². The molecule has 1 aliphatic heterocycles. The number of rotatable bonds is 5. The van der Waals surface area contributed by atoms with E-state index in [-0.39, 0.29) is 5.60 Å². The van der Waals surface area contributed by atoms with Gasteiger partial charge in [-0.15, -0.1) is 0 Å². The lowest BCUT2D eigenvalue weighted by Gasteiger charge is -2.40. The maximum Gasteiger partial charge on any atom is 0.250 e. The van der Waals surface area contributed by atoms with E-state index in [4.69, 9.17) is 16.2 Å². The van der Waals surface area contributed by atoms with E-state index < -0.39 is 5.91 Å². The quantitative estimate of drug-likeness (QED) is 0.727. The van der Waals surface area contributed by atoms with E-state index >= 15 is 0 Å². The molecule has 5 N–H and O–H groups in total. The van der Waals surface area contributed by atoms with Crippen LogP contribution in [0.3, 0.4) is 0 Å². The number of ether oxygens (including phenoxy) is 1. The first-order valence-electron chi connectivity index (χ1n) is 7.59. The number of benzene rings is 1. The van der Waals surface area contributed by atoms with Crippen molar-refractivity contribution in [3.05, 3.63) is 23.8 Å². The molecule has 1 unspecified atom stereocenters. The molecule has 1 aromatic rings. The molecular weight excluding hydrogens is 266 g/mol. The van der Waals surface area contributed by atoms with Crippen LogP contribution in [0.5, 0.6) is 0 Å². The number of nitrogens with two attached hydrogens (primary N) is 2. The number of nitrogen functional groups attached to an aromatic ring is 1. The minimum Gasteiger partial charge on any atom is -0.398 e. The lowest BCUT2D eigenvalue weighted by atomic mass is 9.86. The maximum absolute atomic E-state index is 11.4. The normalized spacial score (nSPS) is 21.0. The van der Waals surface area contributed by atoms with Crippen molar-refractivity contribution >= 4 is 17.3 Å². The summed E-state index contributed by atoms with van der Waals surface area (Å²) in [6.45, 7) is 5.09. The predicted molar refractivity (Wildman–Crippen MR) is 85.3 cm³/mol. The first-order valence-corrected chi connectivity index (χ1v) is 7.59. The van der Waals surface area contributed by atoms with Crippen LogP contribution in [0.25, 0.3) is 0 Å². The van der Waals surface area contributed by atoms with Gasteiger partial charge in [0, 0.05) is 24.0 Å². The van der Waals surface area contributed by atoms with Gasteiger partial charge in [0.25, 0.3) is 5.91 Å². The van der Waals surface area contributed by atoms with E-state index in [1.165, 1.54) is 0 Å². The number of hydrogen-bond acceptors (Lipinski definition) is 4. The van der Waals surface area contributed by atoms with E-state index in [0.717, 1.165) is 38.0 Å². The molecule has 116 valence electrons. The number of carbonyl (C=O) groups is 1. The molecule has 1 saturated heterocycles. The number of primary amides is 1. The number of carbonyl (C=O) groups excluding carboxylic acids is 1. The van der Waals surface area contributed by atoms with Gasteiger partial charge in [0.05, 0.1) is 11.2 Å². The zero-order chi connectivity index (χ0) is 15.5. The molecular formula is C16H25N3O2. The Labute approximate surface area is 126 Å². The highest BCUT2D eigenvalue weighted by molar-refractivity contribution is 5.98. The molecule has 1 amide bonds. The van der Waals surface area contributed by atoms with Crippen LogP contribution >= 0.6 is 0 Å². The van der Waals surface area contributed by atoms with Crippen molar-refractivity contribution in [2.24, 2.45) is 5.73 Å². The van der Waals surface area contributed by atoms with E-state index in [2.05, 4.69) is 19.2 Å². The lowest BCUT2D eigenvalue weighted by molar-refractivity contribution is -0.0864. The summed E-state index contributed by atoms with van der Waals surface area (Å²) in [5.74, 6) is -0.500. The average Bonchev–Trinajstić information content (AvgIpc) is 2.49. The maximum atomic E-state index is 11.4. The standard InChI is InChI=1S/C16H25N3O2/c1-3-16(4-2)10-12(7-8-21-16)19-11-5-6-14(17)13(9-11)15(18)20/h5-6,9,12,19H,3-4,7-8,10,17H2,1-2H3,(H2,18,20). The SMILES string of the molecule is CCC1(CC)CC(Nc2ccc(N)c(C(N)=O)c2)CCO1. The van der Waals surface area contributed by atoms with Gasteiger partial charge < -0.3 is 21.5 Å². The highest BCUT2D eigenvalue weighted by atomic mass is 16.5. The van der Waals surface area contributed by atoms with Gasteiger partial charge in [0.1, 0.15) is 0 Å². The molecule has 0 spiro atoms. The summed E-state index contributed by atoms with van der Waals surface area (Å²) in [4.78, 5) is 11.4. The molecule has 0 radical (unpaired) electrons. The summed E-state index contributed by atoms with van der Waals surface area (Å²) in [6.07, 6.45) is 3.94. The van der Waals surface area contributed by atoms with Crippen molar-refractivity contribution in [3.8, 4) is 0 Å². The van der Waals surface area contributed by atoms with Crippen molar-refractivity contribution in [3.63, 3.8) is 0 Å². The van der Waals surface area contributed by atoms with E-state index in [0.29, 0.717) is 17.3 Å². The second kappa shape index (κ2) is 6.35. The third-order valence-corrected chi connectivity index (χ3v) is 4.47. The van der Waals surface area contributed by atoms with E-state index in [9.17, 15) is 4.79 Å². The van der Waals surface area contributed by atoms with Crippen molar-refractivity contribution in [2.75, 3.05) is 17.7 Å². The summed E-state index contributed by atoms with van der Waals surface area (Å²) in [5.41, 5.74) is 12.7. The fourth-order valence-electron chi connectivity index (χ4n) is 2.99.